The summed E-state index contributed by atoms with van der Waals surface area (Å²) in [6.45, 7) is 0.277. The minimum atomic E-state index is -4.19. The summed E-state index contributed by atoms with van der Waals surface area (Å²) in [5.74, 6) is -0.433. The van der Waals surface area contributed by atoms with Gasteiger partial charge in [0.15, 0.2) is 11.6 Å². The van der Waals surface area contributed by atoms with Crippen LogP contribution < -0.4 is 14.8 Å². The van der Waals surface area contributed by atoms with Gasteiger partial charge in [0.25, 0.3) is 16.6 Å². The second-order valence-electron chi connectivity index (χ2n) is 7.66. The van der Waals surface area contributed by atoms with Crippen LogP contribution >= 0.6 is 0 Å². The molecule has 2 aliphatic rings. The van der Waals surface area contributed by atoms with Crippen molar-refractivity contribution < 1.29 is 26.3 Å². The predicted molar refractivity (Wildman–Crippen MR) is 99.5 cm³/mol. The Morgan fingerprint density at radius 3 is 2.66 bits per heavy atom. The average molecular weight is 431 g/mol. The smallest absolute Gasteiger partial charge is 0.277 e. The molecule has 2 N–H and O–H groups in total. The molecule has 1 aromatic carbocycles. The molecule has 1 aliphatic carbocycles. The van der Waals surface area contributed by atoms with Crippen molar-refractivity contribution in [1.82, 2.24) is 14.5 Å². The molecule has 12 heteroatoms. The number of alkyl halides is 2. The molecule has 1 spiro atoms. The van der Waals surface area contributed by atoms with Gasteiger partial charge in [0.1, 0.15) is 0 Å². The number of hydrogen-bond donors (Lipinski definition) is 1. The third-order valence-electron chi connectivity index (χ3n) is 5.67. The van der Waals surface area contributed by atoms with Gasteiger partial charge in [-0.2, -0.15) is 22.9 Å². The van der Waals surface area contributed by atoms with Crippen molar-refractivity contribution in [2.45, 2.75) is 25.3 Å². The number of benzene rings is 1. The van der Waals surface area contributed by atoms with Crippen molar-refractivity contribution in [1.29, 1.82) is 0 Å². The summed E-state index contributed by atoms with van der Waals surface area (Å²) in [4.78, 5) is 1.99. The summed E-state index contributed by atoms with van der Waals surface area (Å²) in [5.41, 5.74) is 1.03. The van der Waals surface area contributed by atoms with Crippen molar-refractivity contribution in [3.63, 3.8) is 0 Å². The molecule has 2 fully saturated rings. The molecule has 158 valence electrons. The van der Waals surface area contributed by atoms with Gasteiger partial charge in [0, 0.05) is 36.0 Å². The quantitative estimate of drug-likeness (QED) is 0.744. The first kappa shape index (κ1) is 20.1. The molecule has 0 atom stereocenters. The zero-order valence-corrected chi connectivity index (χ0v) is 16.4. The second-order valence-corrected chi connectivity index (χ2v) is 9.16. The van der Waals surface area contributed by atoms with Gasteiger partial charge in [-0.3, -0.25) is 0 Å². The maximum Gasteiger partial charge on any atom is 0.277 e. The first-order chi connectivity index (χ1) is 13.6. The van der Waals surface area contributed by atoms with E-state index in [0.29, 0.717) is 46.8 Å². The van der Waals surface area contributed by atoms with E-state index in [9.17, 15) is 21.6 Å². The fraction of sp³-hybridized carbons (Fsp3) is 0.529. The van der Waals surface area contributed by atoms with Crippen LogP contribution in [0.15, 0.2) is 18.3 Å². The lowest BCUT2D eigenvalue weighted by atomic mass is 9.60. The van der Waals surface area contributed by atoms with E-state index in [2.05, 4.69) is 10.2 Å². The lowest BCUT2D eigenvalue weighted by molar-refractivity contribution is -0.00405. The topological polar surface area (TPSA) is 102 Å². The molecule has 29 heavy (non-hydrogen) atoms. The van der Waals surface area contributed by atoms with Crippen molar-refractivity contribution in [2.24, 2.45) is 10.6 Å². The Balaban J connectivity index is 1.48. The molecule has 2 aromatic rings. The molecule has 4 rings (SSSR count). The van der Waals surface area contributed by atoms with Gasteiger partial charge in [-0.25, -0.2) is 18.3 Å². The molecule has 0 bridgehead atoms. The Labute approximate surface area is 165 Å². The van der Waals surface area contributed by atoms with E-state index in [0.717, 1.165) is 0 Å². The van der Waals surface area contributed by atoms with E-state index >= 15 is 0 Å². The predicted octanol–water partition coefficient (Wildman–Crippen LogP) is 1.52. The fourth-order valence-electron chi connectivity index (χ4n) is 4.39. The molecule has 1 saturated carbocycles. The molecule has 2 heterocycles. The first-order valence-corrected chi connectivity index (χ1v) is 10.4. The molecule has 1 saturated heterocycles. The normalized spacial score (nSPS) is 19.1. The van der Waals surface area contributed by atoms with Crippen LogP contribution in [0, 0.1) is 11.2 Å². The van der Waals surface area contributed by atoms with Gasteiger partial charge in [-0.15, -0.1) is 0 Å². The van der Waals surface area contributed by atoms with E-state index in [-0.39, 0.29) is 11.2 Å². The van der Waals surface area contributed by atoms with Gasteiger partial charge in [0.2, 0.25) is 0 Å². The maximum absolute atomic E-state index is 14.1. The Morgan fingerprint density at radius 1 is 1.38 bits per heavy atom. The van der Waals surface area contributed by atoms with E-state index < -0.39 is 35.0 Å². The summed E-state index contributed by atoms with van der Waals surface area (Å²) in [5, 5.41) is 13.7. The molecule has 8 nitrogen and oxygen atoms in total. The summed E-state index contributed by atoms with van der Waals surface area (Å²) < 4.78 is 68.5. The molecule has 0 amide bonds. The van der Waals surface area contributed by atoms with Crippen LogP contribution in [0.5, 0.6) is 5.75 Å². The third kappa shape index (κ3) is 3.60. The van der Waals surface area contributed by atoms with E-state index in [1.807, 2.05) is 4.90 Å². The van der Waals surface area contributed by atoms with Crippen LogP contribution in [0.3, 0.4) is 0 Å². The number of ether oxygens (including phenoxy) is 1. The number of hydrogen-bond acceptors (Lipinski definition) is 6. The van der Waals surface area contributed by atoms with Gasteiger partial charge in [-0.1, -0.05) is 0 Å². The molecule has 0 unspecified atom stereocenters. The van der Waals surface area contributed by atoms with Crippen LogP contribution in [-0.2, 0) is 10.2 Å². The van der Waals surface area contributed by atoms with Crippen molar-refractivity contribution in [3.8, 4) is 5.75 Å². The Hall–Kier alpha value is -2.18. The fourth-order valence-corrected chi connectivity index (χ4v) is 5.27. The zero-order chi connectivity index (χ0) is 21.0. The zero-order valence-electron chi connectivity index (χ0n) is 15.6. The van der Waals surface area contributed by atoms with E-state index in [1.54, 1.807) is 6.20 Å². The van der Waals surface area contributed by atoms with Crippen molar-refractivity contribution >= 4 is 26.8 Å². The standard InChI is InChI=1S/C17H20F3N5O3S/c1-28-15-3-13-11(2-12(15)18)14(6-22-23-13)24-8-17(9-24)4-10(5-17)25(7-16(19)20)29(21,26)27/h2-3,6,10,16H,4-5,7-9H2,1H3,(H2,21,26,27). The van der Waals surface area contributed by atoms with E-state index in [4.69, 9.17) is 9.88 Å². The van der Waals surface area contributed by atoms with Gasteiger partial charge >= 0.3 is 0 Å². The average Bonchev–Trinajstić information content (AvgIpc) is 2.56. The largest absolute Gasteiger partial charge is 0.494 e. The number of nitrogens with zero attached hydrogens (tertiary/aromatic N) is 4. The summed E-state index contributed by atoms with van der Waals surface area (Å²) >= 11 is 0. The maximum atomic E-state index is 14.1. The Morgan fingerprint density at radius 2 is 2.07 bits per heavy atom. The third-order valence-corrected chi connectivity index (χ3v) is 6.78. The first-order valence-electron chi connectivity index (χ1n) is 8.93. The molecular weight excluding hydrogens is 411 g/mol. The van der Waals surface area contributed by atoms with Crippen molar-refractivity contribution in [3.05, 3.63) is 24.1 Å². The Kier molecular flexibility index (Phi) is 4.82. The number of fused-ring (bicyclic) bond motifs is 1. The van der Waals surface area contributed by atoms with Gasteiger partial charge < -0.3 is 9.64 Å². The van der Waals surface area contributed by atoms with Crippen LogP contribution in [0.1, 0.15) is 12.8 Å². The second kappa shape index (κ2) is 6.96. The van der Waals surface area contributed by atoms with Crippen LogP contribution in [0.25, 0.3) is 10.9 Å². The van der Waals surface area contributed by atoms with Gasteiger partial charge in [-0.05, 0) is 18.9 Å². The lowest BCUT2D eigenvalue weighted by Crippen LogP contribution is -2.68. The van der Waals surface area contributed by atoms with Gasteiger partial charge in [0.05, 0.1) is 31.1 Å². The molecule has 1 aromatic heterocycles. The summed E-state index contributed by atoms with van der Waals surface area (Å²) in [7, 11) is -2.82. The molecule has 1 aliphatic heterocycles. The summed E-state index contributed by atoms with van der Waals surface area (Å²) in [6.07, 6.45) is -0.342. The number of anilines is 1. The highest BCUT2D eigenvalue weighted by Crippen LogP contribution is 2.52. The molecular formula is C17H20F3N5O3S. The minimum Gasteiger partial charge on any atom is -0.494 e. The number of halogens is 3. The Bertz CT molecular complexity index is 1040. The van der Waals surface area contributed by atoms with E-state index in [1.165, 1.54) is 19.2 Å². The number of aromatic nitrogens is 2. The monoisotopic (exact) mass is 431 g/mol. The van der Waals surface area contributed by atoms with Crippen LogP contribution in [-0.4, -0.2) is 62.1 Å². The van der Waals surface area contributed by atoms with Crippen LogP contribution in [0.4, 0.5) is 18.9 Å². The lowest BCUT2D eigenvalue weighted by Gasteiger charge is -2.61. The van der Waals surface area contributed by atoms with Crippen molar-refractivity contribution in [2.75, 3.05) is 31.6 Å². The minimum absolute atomic E-state index is 0.0768. The number of methoxy groups -OCH3 is 1. The molecule has 0 radical (unpaired) electrons. The highest BCUT2D eigenvalue weighted by molar-refractivity contribution is 7.86. The SMILES string of the molecule is COc1cc2nncc(N3CC4(CC(N(CC(F)F)S(N)(=O)=O)C4)C3)c2cc1F. The summed E-state index contributed by atoms with van der Waals surface area (Å²) in [6, 6.07) is 2.29. The van der Waals surface area contributed by atoms with Crippen LogP contribution in [0.2, 0.25) is 0 Å². The number of nitrogens with two attached hydrogens (primary N) is 1. The number of rotatable bonds is 6. The highest BCUT2D eigenvalue weighted by atomic mass is 32.2. The highest BCUT2D eigenvalue weighted by Gasteiger charge is 2.55.